The van der Waals surface area contributed by atoms with Crippen molar-refractivity contribution < 1.29 is 14.6 Å². The average molecular weight is 287 g/mol. The minimum atomic E-state index is -0.955. The molecule has 2 heterocycles. The number of aromatic carboxylic acids is 1. The molecule has 1 aromatic carbocycles. The summed E-state index contributed by atoms with van der Waals surface area (Å²) in [4.78, 5) is 19.3. The van der Waals surface area contributed by atoms with Gasteiger partial charge in [-0.05, 0) is 37.5 Å². The maximum Gasteiger partial charge on any atom is 0.335 e. The molecule has 0 aliphatic carbocycles. The van der Waals surface area contributed by atoms with Crippen LogP contribution >= 0.6 is 0 Å². The second-order valence-electron chi connectivity index (χ2n) is 5.11. The van der Waals surface area contributed by atoms with Crippen molar-refractivity contribution in [3.63, 3.8) is 0 Å². The van der Waals surface area contributed by atoms with Crippen molar-refractivity contribution in [2.75, 3.05) is 18.5 Å². The summed E-state index contributed by atoms with van der Waals surface area (Å²) in [5.41, 5.74) is 0.857. The second-order valence-corrected chi connectivity index (χ2v) is 5.11. The van der Waals surface area contributed by atoms with Crippen LogP contribution in [0.15, 0.2) is 24.5 Å². The summed E-state index contributed by atoms with van der Waals surface area (Å²) in [7, 11) is 0. The number of carboxylic acids is 1. The summed E-state index contributed by atoms with van der Waals surface area (Å²) >= 11 is 0. The largest absolute Gasteiger partial charge is 0.478 e. The summed E-state index contributed by atoms with van der Waals surface area (Å²) in [5, 5.41) is 13.1. The van der Waals surface area contributed by atoms with E-state index in [1.54, 1.807) is 18.2 Å². The third kappa shape index (κ3) is 3.11. The Morgan fingerprint density at radius 2 is 2.33 bits per heavy atom. The van der Waals surface area contributed by atoms with Crippen LogP contribution in [0.25, 0.3) is 10.9 Å². The number of rotatable bonds is 5. The van der Waals surface area contributed by atoms with Gasteiger partial charge in [0.1, 0.15) is 12.1 Å². The summed E-state index contributed by atoms with van der Waals surface area (Å²) in [6.45, 7) is 1.64. The molecule has 1 aliphatic rings. The van der Waals surface area contributed by atoms with Gasteiger partial charge in [-0.3, -0.25) is 0 Å². The van der Waals surface area contributed by atoms with E-state index in [9.17, 15) is 4.79 Å². The second kappa shape index (κ2) is 6.05. The van der Waals surface area contributed by atoms with E-state index in [1.165, 1.54) is 6.33 Å². The van der Waals surface area contributed by atoms with Gasteiger partial charge in [-0.1, -0.05) is 0 Å². The van der Waals surface area contributed by atoms with E-state index in [0.29, 0.717) is 11.6 Å². The first-order valence-electron chi connectivity index (χ1n) is 7.07. The topological polar surface area (TPSA) is 84.3 Å². The molecule has 110 valence electrons. The molecule has 0 amide bonds. The first-order chi connectivity index (χ1) is 10.2. The van der Waals surface area contributed by atoms with Gasteiger partial charge in [-0.25, -0.2) is 14.8 Å². The van der Waals surface area contributed by atoms with Crippen molar-refractivity contribution in [2.24, 2.45) is 0 Å². The number of benzene rings is 1. The standard InChI is InChI=1S/C15H17N3O3/c19-15(20)10-3-4-12-13(8-10)17-9-18-14(12)16-6-5-11-2-1-7-21-11/h3-4,8-9,11H,1-2,5-7H2,(H,19,20)(H,16,17,18). The van der Waals surface area contributed by atoms with Crippen LogP contribution in [0.1, 0.15) is 29.6 Å². The average Bonchev–Trinajstić information content (AvgIpc) is 3.00. The number of fused-ring (bicyclic) bond motifs is 1. The highest BCUT2D eigenvalue weighted by molar-refractivity contribution is 5.96. The van der Waals surface area contributed by atoms with E-state index in [2.05, 4.69) is 15.3 Å². The van der Waals surface area contributed by atoms with Crippen molar-refractivity contribution >= 4 is 22.7 Å². The van der Waals surface area contributed by atoms with Gasteiger partial charge in [0.25, 0.3) is 0 Å². The molecule has 2 aromatic rings. The summed E-state index contributed by atoms with van der Waals surface area (Å²) < 4.78 is 5.58. The number of hydrogen-bond acceptors (Lipinski definition) is 5. The normalized spacial score (nSPS) is 18.0. The Bertz CT molecular complexity index is 654. The summed E-state index contributed by atoms with van der Waals surface area (Å²) in [5.74, 6) is -0.224. The number of aromatic nitrogens is 2. The lowest BCUT2D eigenvalue weighted by Gasteiger charge is -2.11. The minimum absolute atomic E-state index is 0.228. The van der Waals surface area contributed by atoms with Crippen molar-refractivity contribution in [3.8, 4) is 0 Å². The van der Waals surface area contributed by atoms with Gasteiger partial charge in [-0.15, -0.1) is 0 Å². The zero-order chi connectivity index (χ0) is 14.7. The number of carbonyl (C=O) groups is 1. The molecule has 6 heteroatoms. The fourth-order valence-electron chi connectivity index (χ4n) is 2.55. The Morgan fingerprint density at radius 1 is 1.43 bits per heavy atom. The Morgan fingerprint density at radius 3 is 3.10 bits per heavy atom. The molecule has 0 saturated carbocycles. The van der Waals surface area contributed by atoms with Crippen molar-refractivity contribution in [1.29, 1.82) is 0 Å². The summed E-state index contributed by atoms with van der Waals surface area (Å²) in [6.07, 6.45) is 4.98. The van der Waals surface area contributed by atoms with E-state index in [1.807, 2.05) is 0 Å². The van der Waals surface area contributed by atoms with Crippen LogP contribution < -0.4 is 5.32 Å². The van der Waals surface area contributed by atoms with Gasteiger partial charge in [0, 0.05) is 18.5 Å². The molecule has 3 rings (SSSR count). The Labute approximate surface area is 122 Å². The number of nitrogens with one attached hydrogen (secondary N) is 1. The van der Waals surface area contributed by atoms with Gasteiger partial charge >= 0.3 is 5.97 Å². The third-order valence-electron chi connectivity index (χ3n) is 3.67. The molecule has 1 aliphatic heterocycles. The molecule has 1 unspecified atom stereocenters. The lowest BCUT2D eigenvalue weighted by atomic mass is 10.1. The van der Waals surface area contributed by atoms with Gasteiger partial charge < -0.3 is 15.2 Å². The number of carboxylic acid groups (broad SMARTS) is 1. The molecule has 21 heavy (non-hydrogen) atoms. The molecular weight excluding hydrogens is 270 g/mol. The van der Waals surface area contributed by atoms with Crippen LogP contribution in [0, 0.1) is 0 Å². The zero-order valence-corrected chi connectivity index (χ0v) is 11.6. The number of anilines is 1. The van der Waals surface area contributed by atoms with Gasteiger partial charge in [0.05, 0.1) is 17.2 Å². The molecule has 2 N–H and O–H groups in total. The lowest BCUT2D eigenvalue weighted by molar-refractivity contribution is 0.0697. The molecule has 0 bridgehead atoms. The molecule has 0 spiro atoms. The highest BCUT2D eigenvalue weighted by atomic mass is 16.5. The van der Waals surface area contributed by atoms with Gasteiger partial charge in [-0.2, -0.15) is 0 Å². The molecule has 0 radical (unpaired) electrons. The smallest absolute Gasteiger partial charge is 0.335 e. The van der Waals surface area contributed by atoms with E-state index < -0.39 is 5.97 Å². The first-order valence-corrected chi connectivity index (χ1v) is 7.07. The fourth-order valence-corrected chi connectivity index (χ4v) is 2.55. The lowest BCUT2D eigenvalue weighted by Crippen LogP contribution is -2.13. The van der Waals surface area contributed by atoms with Crippen molar-refractivity contribution in [1.82, 2.24) is 9.97 Å². The predicted octanol–water partition coefficient (Wildman–Crippen LogP) is 2.31. The predicted molar refractivity (Wildman–Crippen MR) is 78.6 cm³/mol. The monoisotopic (exact) mass is 287 g/mol. The van der Waals surface area contributed by atoms with E-state index in [-0.39, 0.29) is 5.56 Å². The first kappa shape index (κ1) is 13.8. The number of ether oxygens (including phenoxy) is 1. The Kier molecular flexibility index (Phi) is 3.96. The SMILES string of the molecule is O=C(O)c1ccc2c(NCCC3CCCO3)ncnc2c1. The number of hydrogen-bond donors (Lipinski definition) is 2. The van der Waals surface area contributed by atoms with Crippen LogP contribution in [0.5, 0.6) is 0 Å². The van der Waals surface area contributed by atoms with Crippen LogP contribution in [0.2, 0.25) is 0 Å². The van der Waals surface area contributed by atoms with Gasteiger partial charge in [0.15, 0.2) is 0 Å². The maximum absolute atomic E-state index is 11.0. The molecule has 1 fully saturated rings. The maximum atomic E-state index is 11.0. The third-order valence-corrected chi connectivity index (χ3v) is 3.67. The number of nitrogens with zero attached hydrogens (tertiary/aromatic N) is 2. The summed E-state index contributed by atoms with van der Waals surface area (Å²) in [6, 6.07) is 4.87. The van der Waals surface area contributed by atoms with E-state index in [4.69, 9.17) is 9.84 Å². The molecule has 1 atom stereocenters. The van der Waals surface area contributed by atoms with Crippen LogP contribution in [-0.2, 0) is 4.74 Å². The Balaban J connectivity index is 1.73. The molecular formula is C15H17N3O3. The molecule has 1 saturated heterocycles. The molecule has 1 aromatic heterocycles. The van der Waals surface area contributed by atoms with E-state index >= 15 is 0 Å². The highest BCUT2D eigenvalue weighted by Crippen LogP contribution is 2.21. The van der Waals surface area contributed by atoms with Gasteiger partial charge in [0.2, 0.25) is 0 Å². The van der Waals surface area contributed by atoms with E-state index in [0.717, 1.165) is 43.6 Å². The highest BCUT2D eigenvalue weighted by Gasteiger charge is 2.15. The molecule has 6 nitrogen and oxygen atoms in total. The fraction of sp³-hybridized carbons (Fsp3) is 0.400. The van der Waals surface area contributed by atoms with Crippen LogP contribution in [0.4, 0.5) is 5.82 Å². The van der Waals surface area contributed by atoms with Crippen LogP contribution in [-0.4, -0.2) is 40.3 Å². The minimum Gasteiger partial charge on any atom is -0.478 e. The van der Waals surface area contributed by atoms with Crippen molar-refractivity contribution in [3.05, 3.63) is 30.1 Å². The zero-order valence-electron chi connectivity index (χ0n) is 11.6. The van der Waals surface area contributed by atoms with Crippen molar-refractivity contribution in [2.45, 2.75) is 25.4 Å². The Hall–Kier alpha value is -2.21. The van der Waals surface area contributed by atoms with Crippen LogP contribution in [0.3, 0.4) is 0 Å². The quantitative estimate of drug-likeness (QED) is 0.878.